The first-order chi connectivity index (χ1) is 14.2. The summed E-state index contributed by atoms with van der Waals surface area (Å²) in [4.78, 5) is 15.9. The molecule has 0 fully saturated rings. The second kappa shape index (κ2) is 12.5. The molecule has 2 rings (SSSR count). The van der Waals surface area contributed by atoms with Crippen molar-refractivity contribution in [3.63, 3.8) is 0 Å². The van der Waals surface area contributed by atoms with Crippen molar-refractivity contribution >= 4 is 36.0 Å². The van der Waals surface area contributed by atoms with E-state index in [0.29, 0.717) is 25.6 Å². The van der Waals surface area contributed by atoms with Gasteiger partial charge in [0.1, 0.15) is 5.60 Å². The second-order valence-electron chi connectivity index (χ2n) is 8.03. The number of aryl methyl sites for hydroxylation is 1. The summed E-state index contributed by atoms with van der Waals surface area (Å²) in [5, 5.41) is 14.0. The molecule has 172 valence electrons. The van der Waals surface area contributed by atoms with Gasteiger partial charge in [-0.05, 0) is 53.2 Å². The maximum absolute atomic E-state index is 11.6. The number of halogens is 1. The van der Waals surface area contributed by atoms with Gasteiger partial charge in [-0.25, -0.2) is 9.48 Å². The number of aromatic nitrogens is 2. The Morgan fingerprint density at radius 3 is 2.35 bits per heavy atom. The van der Waals surface area contributed by atoms with E-state index in [-0.39, 0.29) is 24.0 Å². The molecule has 0 bridgehead atoms. The highest BCUT2D eigenvalue weighted by Crippen LogP contribution is 2.17. The number of hydrogen-bond acceptors (Lipinski definition) is 4. The van der Waals surface area contributed by atoms with Crippen LogP contribution in [0.3, 0.4) is 0 Å². The molecule has 3 N–H and O–H groups in total. The zero-order valence-corrected chi connectivity index (χ0v) is 21.6. The molecule has 31 heavy (non-hydrogen) atoms. The lowest BCUT2D eigenvalue weighted by Crippen LogP contribution is -2.39. The fraction of sp³-hybridized carbons (Fsp3) is 0.500. The van der Waals surface area contributed by atoms with E-state index in [1.165, 1.54) is 0 Å². The first-order valence-electron chi connectivity index (χ1n) is 10.2. The molecule has 0 saturated heterocycles. The molecular formula is C22H35IN6O2. The average Bonchev–Trinajstić information content (AvgIpc) is 2.97. The van der Waals surface area contributed by atoms with Crippen molar-refractivity contribution in [1.82, 2.24) is 25.7 Å². The highest BCUT2D eigenvalue weighted by atomic mass is 127. The number of hydrogen-bond donors (Lipinski definition) is 3. The van der Waals surface area contributed by atoms with Crippen molar-refractivity contribution in [3.05, 3.63) is 47.3 Å². The number of rotatable bonds is 7. The van der Waals surface area contributed by atoms with Crippen LogP contribution in [0.15, 0.2) is 35.3 Å². The SMILES string of the molecule is CN=C(NCCCNC(=O)OC(C)(C)C)NCc1c(C)nn(-c2ccccc2)c1C.I. The Morgan fingerprint density at radius 2 is 1.74 bits per heavy atom. The molecule has 0 aliphatic carbocycles. The molecule has 8 nitrogen and oxygen atoms in total. The van der Waals surface area contributed by atoms with Gasteiger partial charge in [0.25, 0.3) is 0 Å². The molecule has 0 saturated carbocycles. The summed E-state index contributed by atoms with van der Waals surface area (Å²) in [6, 6.07) is 10.1. The molecule has 1 amide bonds. The Labute approximate surface area is 202 Å². The lowest BCUT2D eigenvalue weighted by Gasteiger charge is -2.19. The van der Waals surface area contributed by atoms with Crippen LogP contribution < -0.4 is 16.0 Å². The van der Waals surface area contributed by atoms with Gasteiger partial charge in [-0.3, -0.25) is 4.99 Å². The Balaban J connectivity index is 0.00000480. The summed E-state index contributed by atoms with van der Waals surface area (Å²) < 4.78 is 7.18. The number of benzene rings is 1. The van der Waals surface area contributed by atoms with Gasteiger partial charge in [-0.1, -0.05) is 18.2 Å². The minimum absolute atomic E-state index is 0. The van der Waals surface area contributed by atoms with E-state index in [0.717, 1.165) is 29.1 Å². The lowest BCUT2D eigenvalue weighted by molar-refractivity contribution is 0.0527. The van der Waals surface area contributed by atoms with E-state index in [9.17, 15) is 4.79 Å². The summed E-state index contributed by atoms with van der Waals surface area (Å²) in [6.45, 7) is 11.5. The van der Waals surface area contributed by atoms with Gasteiger partial charge in [-0.2, -0.15) is 5.10 Å². The third-order valence-corrected chi connectivity index (χ3v) is 4.41. The van der Waals surface area contributed by atoms with Gasteiger partial charge in [0.2, 0.25) is 0 Å². The van der Waals surface area contributed by atoms with Gasteiger partial charge in [0.05, 0.1) is 11.4 Å². The van der Waals surface area contributed by atoms with Gasteiger partial charge >= 0.3 is 6.09 Å². The summed E-state index contributed by atoms with van der Waals surface area (Å²) >= 11 is 0. The lowest BCUT2D eigenvalue weighted by atomic mass is 10.2. The standard InChI is InChI=1S/C22H34N6O2.HI/c1-16-19(17(2)28(27-16)18-11-8-7-9-12-18)15-26-20(23-6)24-13-10-14-25-21(29)30-22(3,4)5;/h7-9,11-12H,10,13-15H2,1-6H3,(H,25,29)(H2,23,24,26);1H. The molecule has 2 aromatic rings. The third kappa shape index (κ3) is 8.76. The van der Waals surface area contributed by atoms with Crippen LogP contribution >= 0.6 is 24.0 Å². The third-order valence-electron chi connectivity index (χ3n) is 4.41. The van der Waals surface area contributed by atoms with Crippen molar-refractivity contribution in [2.45, 2.75) is 53.2 Å². The molecule has 0 aliphatic rings. The van der Waals surface area contributed by atoms with Crippen LogP contribution in [0.2, 0.25) is 0 Å². The number of nitrogens with one attached hydrogen (secondary N) is 3. The predicted octanol–water partition coefficient (Wildman–Crippen LogP) is 3.69. The zero-order chi connectivity index (χ0) is 22.1. The molecule has 0 unspecified atom stereocenters. The summed E-state index contributed by atoms with van der Waals surface area (Å²) in [7, 11) is 1.74. The molecule has 1 aromatic heterocycles. The smallest absolute Gasteiger partial charge is 0.407 e. The van der Waals surface area contributed by atoms with Gasteiger partial charge in [0.15, 0.2) is 5.96 Å². The van der Waals surface area contributed by atoms with Gasteiger partial charge in [-0.15, -0.1) is 24.0 Å². The fourth-order valence-electron chi connectivity index (χ4n) is 2.94. The van der Waals surface area contributed by atoms with Crippen LogP contribution in [0.25, 0.3) is 5.69 Å². The number of carbonyl (C=O) groups is 1. The summed E-state index contributed by atoms with van der Waals surface area (Å²) in [5.41, 5.74) is 3.79. The van der Waals surface area contributed by atoms with E-state index in [1.807, 2.05) is 62.7 Å². The van der Waals surface area contributed by atoms with Crippen LogP contribution in [0.4, 0.5) is 4.79 Å². The van der Waals surface area contributed by atoms with Crippen LogP contribution in [0, 0.1) is 13.8 Å². The minimum atomic E-state index is -0.487. The van der Waals surface area contributed by atoms with Crippen molar-refractivity contribution in [3.8, 4) is 5.69 Å². The number of para-hydroxylation sites is 1. The first kappa shape index (κ1) is 26.7. The number of alkyl carbamates (subject to hydrolysis) is 1. The largest absolute Gasteiger partial charge is 0.444 e. The fourth-order valence-corrected chi connectivity index (χ4v) is 2.94. The first-order valence-corrected chi connectivity index (χ1v) is 10.2. The highest BCUT2D eigenvalue weighted by molar-refractivity contribution is 14.0. The number of aliphatic imine (C=N–C) groups is 1. The van der Waals surface area contributed by atoms with Crippen molar-refractivity contribution in [2.75, 3.05) is 20.1 Å². The number of carbonyl (C=O) groups excluding carboxylic acids is 1. The predicted molar refractivity (Wildman–Crippen MR) is 136 cm³/mol. The van der Waals surface area contributed by atoms with E-state index in [4.69, 9.17) is 4.74 Å². The Kier molecular flexibility index (Phi) is 10.8. The Hall–Kier alpha value is -2.30. The highest BCUT2D eigenvalue weighted by Gasteiger charge is 2.15. The molecule has 0 radical (unpaired) electrons. The zero-order valence-electron chi connectivity index (χ0n) is 19.3. The maximum Gasteiger partial charge on any atom is 0.407 e. The Morgan fingerprint density at radius 1 is 1.10 bits per heavy atom. The van der Waals surface area contributed by atoms with Gasteiger partial charge in [0, 0.05) is 37.9 Å². The molecular weight excluding hydrogens is 507 g/mol. The van der Waals surface area contributed by atoms with Crippen molar-refractivity contribution < 1.29 is 9.53 Å². The second-order valence-corrected chi connectivity index (χ2v) is 8.03. The van der Waals surface area contributed by atoms with E-state index in [2.05, 4.69) is 33.0 Å². The summed E-state index contributed by atoms with van der Waals surface area (Å²) in [5.74, 6) is 0.707. The molecule has 0 spiro atoms. The quantitative estimate of drug-likeness (QED) is 0.215. The topological polar surface area (TPSA) is 92.6 Å². The van der Waals surface area contributed by atoms with Gasteiger partial charge < -0.3 is 20.7 Å². The van der Waals surface area contributed by atoms with E-state index >= 15 is 0 Å². The van der Waals surface area contributed by atoms with E-state index < -0.39 is 11.7 Å². The number of ether oxygens (including phenoxy) is 1. The average molecular weight is 542 g/mol. The van der Waals surface area contributed by atoms with Crippen LogP contribution in [-0.2, 0) is 11.3 Å². The van der Waals surface area contributed by atoms with Crippen molar-refractivity contribution in [1.29, 1.82) is 0 Å². The molecule has 0 aliphatic heterocycles. The number of guanidine groups is 1. The van der Waals surface area contributed by atoms with Crippen LogP contribution in [-0.4, -0.2) is 47.6 Å². The number of amides is 1. The molecule has 1 aromatic carbocycles. The van der Waals surface area contributed by atoms with Crippen molar-refractivity contribution in [2.24, 2.45) is 4.99 Å². The molecule has 1 heterocycles. The van der Waals surface area contributed by atoms with E-state index in [1.54, 1.807) is 7.05 Å². The monoisotopic (exact) mass is 542 g/mol. The normalized spacial score (nSPS) is 11.5. The number of nitrogens with zero attached hydrogens (tertiary/aromatic N) is 3. The molecule has 0 atom stereocenters. The molecule has 9 heteroatoms. The van der Waals surface area contributed by atoms with Crippen LogP contribution in [0.1, 0.15) is 44.1 Å². The minimum Gasteiger partial charge on any atom is -0.444 e. The van der Waals surface area contributed by atoms with Crippen LogP contribution in [0.5, 0.6) is 0 Å². The maximum atomic E-state index is 11.6. The summed E-state index contributed by atoms with van der Waals surface area (Å²) in [6.07, 6.45) is 0.357. The Bertz CT molecular complexity index is 859.